The van der Waals surface area contributed by atoms with Crippen molar-refractivity contribution in [2.75, 3.05) is 14.2 Å². The Kier molecular flexibility index (Phi) is 6.35. The van der Waals surface area contributed by atoms with E-state index in [2.05, 4.69) is 10.1 Å². The van der Waals surface area contributed by atoms with Gasteiger partial charge in [0.2, 0.25) is 11.7 Å². The molecule has 0 fully saturated rings. The van der Waals surface area contributed by atoms with Crippen molar-refractivity contribution in [1.82, 2.24) is 15.0 Å². The number of methoxy groups -OCH3 is 1. The first-order valence-corrected chi connectivity index (χ1v) is 10.4. The van der Waals surface area contributed by atoms with Crippen LogP contribution in [-0.2, 0) is 11.3 Å². The van der Waals surface area contributed by atoms with Crippen LogP contribution >= 0.6 is 0 Å². The van der Waals surface area contributed by atoms with Crippen LogP contribution < -0.4 is 9.47 Å². The molecule has 32 heavy (non-hydrogen) atoms. The number of hydrogen-bond donors (Lipinski definition) is 0. The highest BCUT2D eigenvalue weighted by Gasteiger charge is 2.24. The number of fused-ring (bicyclic) bond motifs is 1. The SMILES string of the molecule is CC[C@@H](Oc1ccc2ccccc2c1)C(=O)N(C)Cc1nc(-c2cccc(OC)c2)no1. The molecule has 0 aliphatic heterocycles. The molecule has 0 spiro atoms. The molecule has 0 radical (unpaired) electrons. The minimum absolute atomic E-state index is 0.151. The molecule has 1 atom stereocenters. The number of amides is 1. The Balaban J connectivity index is 1.43. The normalized spacial score (nSPS) is 11.8. The van der Waals surface area contributed by atoms with Gasteiger partial charge in [-0.2, -0.15) is 4.98 Å². The molecule has 0 aliphatic rings. The third-order valence-corrected chi connectivity index (χ3v) is 5.19. The van der Waals surface area contributed by atoms with Gasteiger partial charge in [-0.3, -0.25) is 4.79 Å². The maximum atomic E-state index is 13.0. The van der Waals surface area contributed by atoms with Crippen molar-refractivity contribution < 1.29 is 18.8 Å². The van der Waals surface area contributed by atoms with Crippen LogP contribution in [0, 0.1) is 0 Å². The summed E-state index contributed by atoms with van der Waals surface area (Å²) in [6, 6.07) is 21.3. The highest BCUT2D eigenvalue weighted by molar-refractivity contribution is 5.84. The van der Waals surface area contributed by atoms with E-state index in [1.165, 1.54) is 4.90 Å². The monoisotopic (exact) mass is 431 g/mol. The van der Waals surface area contributed by atoms with E-state index < -0.39 is 6.10 Å². The van der Waals surface area contributed by atoms with Crippen molar-refractivity contribution in [3.05, 3.63) is 72.6 Å². The van der Waals surface area contributed by atoms with Gasteiger partial charge in [0.1, 0.15) is 11.5 Å². The van der Waals surface area contributed by atoms with E-state index in [0.29, 0.717) is 29.6 Å². The van der Waals surface area contributed by atoms with Crippen LogP contribution in [0.25, 0.3) is 22.2 Å². The van der Waals surface area contributed by atoms with Gasteiger partial charge < -0.3 is 18.9 Å². The minimum Gasteiger partial charge on any atom is -0.497 e. The van der Waals surface area contributed by atoms with Crippen LogP contribution in [0.5, 0.6) is 11.5 Å². The van der Waals surface area contributed by atoms with Crippen molar-refractivity contribution in [3.8, 4) is 22.9 Å². The molecule has 0 N–H and O–H groups in total. The summed E-state index contributed by atoms with van der Waals surface area (Å²) in [4.78, 5) is 19.0. The molecule has 164 valence electrons. The summed E-state index contributed by atoms with van der Waals surface area (Å²) in [7, 11) is 3.30. The van der Waals surface area contributed by atoms with E-state index in [1.54, 1.807) is 14.2 Å². The summed E-state index contributed by atoms with van der Waals surface area (Å²) in [5.74, 6) is 2.01. The first-order chi connectivity index (χ1) is 15.6. The summed E-state index contributed by atoms with van der Waals surface area (Å²) >= 11 is 0. The van der Waals surface area contributed by atoms with E-state index in [-0.39, 0.29) is 12.5 Å². The third kappa shape index (κ3) is 4.72. The van der Waals surface area contributed by atoms with Crippen molar-refractivity contribution >= 4 is 16.7 Å². The lowest BCUT2D eigenvalue weighted by molar-refractivity contribution is -0.138. The Morgan fingerprint density at radius 1 is 1.03 bits per heavy atom. The van der Waals surface area contributed by atoms with Crippen LogP contribution in [-0.4, -0.2) is 41.2 Å². The Labute approximate surface area is 186 Å². The lowest BCUT2D eigenvalue weighted by atomic mass is 10.1. The molecule has 7 nitrogen and oxygen atoms in total. The maximum absolute atomic E-state index is 13.0. The number of carbonyl (C=O) groups excluding carboxylic acids is 1. The highest BCUT2D eigenvalue weighted by Crippen LogP contribution is 2.23. The number of aromatic nitrogens is 2. The van der Waals surface area contributed by atoms with Crippen LogP contribution in [0.4, 0.5) is 0 Å². The van der Waals surface area contributed by atoms with Crippen molar-refractivity contribution in [1.29, 1.82) is 0 Å². The van der Waals surface area contributed by atoms with Gasteiger partial charge in [0, 0.05) is 12.6 Å². The number of rotatable bonds is 8. The van der Waals surface area contributed by atoms with Crippen molar-refractivity contribution in [3.63, 3.8) is 0 Å². The zero-order valence-corrected chi connectivity index (χ0v) is 18.3. The van der Waals surface area contributed by atoms with Crippen LogP contribution in [0.15, 0.2) is 71.3 Å². The summed E-state index contributed by atoms with van der Waals surface area (Å²) < 4.78 is 16.6. The van der Waals surface area contributed by atoms with E-state index in [1.807, 2.05) is 73.7 Å². The molecule has 7 heteroatoms. The third-order valence-electron chi connectivity index (χ3n) is 5.19. The van der Waals surface area contributed by atoms with Crippen LogP contribution in [0.3, 0.4) is 0 Å². The first-order valence-electron chi connectivity index (χ1n) is 10.4. The van der Waals surface area contributed by atoms with E-state index in [4.69, 9.17) is 14.0 Å². The molecule has 1 aromatic heterocycles. The van der Waals surface area contributed by atoms with Gasteiger partial charge in [0.25, 0.3) is 5.91 Å². The Hall–Kier alpha value is -3.87. The Bertz CT molecular complexity index is 1220. The van der Waals surface area contributed by atoms with Gasteiger partial charge in [-0.25, -0.2) is 0 Å². The quantitative estimate of drug-likeness (QED) is 0.402. The number of hydrogen-bond acceptors (Lipinski definition) is 6. The average molecular weight is 431 g/mol. The second kappa shape index (κ2) is 9.51. The fourth-order valence-electron chi connectivity index (χ4n) is 3.44. The van der Waals surface area contributed by atoms with E-state index in [0.717, 1.165) is 16.3 Å². The zero-order chi connectivity index (χ0) is 22.5. The van der Waals surface area contributed by atoms with Gasteiger partial charge in [-0.1, -0.05) is 54.5 Å². The fraction of sp³-hybridized carbons (Fsp3) is 0.240. The molecule has 1 amide bonds. The minimum atomic E-state index is -0.609. The summed E-state index contributed by atoms with van der Waals surface area (Å²) in [6.07, 6.45) is -0.0727. The van der Waals surface area contributed by atoms with Gasteiger partial charge in [-0.05, 0) is 41.5 Å². The smallest absolute Gasteiger partial charge is 0.263 e. The van der Waals surface area contributed by atoms with Crippen molar-refractivity contribution in [2.24, 2.45) is 0 Å². The van der Waals surface area contributed by atoms with Gasteiger partial charge in [0.15, 0.2) is 6.10 Å². The van der Waals surface area contributed by atoms with Gasteiger partial charge in [-0.15, -0.1) is 0 Å². The van der Waals surface area contributed by atoms with Crippen molar-refractivity contribution in [2.45, 2.75) is 26.0 Å². The molecule has 3 aromatic carbocycles. The molecule has 4 rings (SSSR count). The Morgan fingerprint density at radius 2 is 1.84 bits per heavy atom. The maximum Gasteiger partial charge on any atom is 0.263 e. The van der Waals surface area contributed by atoms with E-state index in [9.17, 15) is 4.79 Å². The molecule has 0 saturated carbocycles. The summed E-state index contributed by atoms with van der Waals surface area (Å²) in [6.45, 7) is 2.11. The number of likely N-dealkylation sites (N-methyl/N-ethyl adjacent to an activating group) is 1. The molecule has 1 heterocycles. The molecular formula is C25H25N3O4. The first kappa shape index (κ1) is 21.4. The molecule has 0 bridgehead atoms. The predicted octanol–water partition coefficient (Wildman–Crippen LogP) is 4.71. The number of ether oxygens (including phenoxy) is 2. The standard InChI is InChI=1S/C25H25N3O4/c1-4-22(31-21-13-12-17-8-5-6-9-18(17)14-21)25(29)28(2)16-23-26-24(27-32-23)19-10-7-11-20(15-19)30-3/h5-15,22H,4,16H2,1-3H3/t22-/m1/s1. The lowest BCUT2D eigenvalue weighted by Gasteiger charge is -2.22. The second-order valence-electron chi connectivity index (χ2n) is 7.46. The fourth-order valence-corrected chi connectivity index (χ4v) is 3.44. The predicted molar refractivity (Wildman–Crippen MR) is 121 cm³/mol. The largest absolute Gasteiger partial charge is 0.497 e. The highest BCUT2D eigenvalue weighted by atomic mass is 16.5. The number of carbonyl (C=O) groups is 1. The second-order valence-corrected chi connectivity index (χ2v) is 7.46. The molecule has 0 aliphatic carbocycles. The molecule has 4 aromatic rings. The van der Waals surface area contributed by atoms with Gasteiger partial charge >= 0.3 is 0 Å². The van der Waals surface area contributed by atoms with Gasteiger partial charge in [0.05, 0.1) is 13.7 Å². The zero-order valence-electron chi connectivity index (χ0n) is 18.3. The summed E-state index contributed by atoms with van der Waals surface area (Å²) in [5, 5.41) is 6.22. The summed E-state index contributed by atoms with van der Waals surface area (Å²) in [5.41, 5.74) is 0.777. The van der Waals surface area contributed by atoms with E-state index >= 15 is 0 Å². The Morgan fingerprint density at radius 3 is 2.62 bits per heavy atom. The lowest BCUT2D eigenvalue weighted by Crippen LogP contribution is -2.39. The topological polar surface area (TPSA) is 77.7 Å². The van der Waals surface area contributed by atoms with Crippen LogP contribution in [0.1, 0.15) is 19.2 Å². The molecule has 0 unspecified atom stereocenters. The number of benzene rings is 3. The van der Waals surface area contributed by atoms with Crippen LogP contribution in [0.2, 0.25) is 0 Å². The molecule has 0 saturated heterocycles. The molecular weight excluding hydrogens is 406 g/mol. The number of nitrogens with zero attached hydrogens (tertiary/aromatic N) is 3. The average Bonchev–Trinajstić information content (AvgIpc) is 3.30.